The molecule has 8 nitrogen and oxygen atoms in total. The highest BCUT2D eigenvalue weighted by Crippen LogP contribution is 2.30. The molecule has 2 aliphatic rings. The van der Waals surface area contributed by atoms with Crippen LogP contribution in [0.2, 0.25) is 5.02 Å². The first kappa shape index (κ1) is 18.9. The number of nitrogens with zero attached hydrogens (tertiary/aromatic N) is 4. The minimum Gasteiger partial charge on any atom is -0.378 e. The van der Waals surface area contributed by atoms with Gasteiger partial charge in [0.1, 0.15) is 6.34 Å². The van der Waals surface area contributed by atoms with Gasteiger partial charge in [0.15, 0.2) is 0 Å². The molecule has 1 amide bonds. The zero-order valence-electron chi connectivity index (χ0n) is 14.6. The fraction of sp³-hybridized carbons (Fsp3) is 0.529. The summed E-state index contributed by atoms with van der Waals surface area (Å²) in [6.45, 7) is 6.38. The van der Waals surface area contributed by atoms with E-state index >= 15 is 0 Å². The summed E-state index contributed by atoms with van der Waals surface area (Å²) < 4.78 is 5.29. The third kappa shape index (κ3) is 4.85. The van der Waals surface area contributed by atoms with E-state index in [1.165, 1.54) is 6.34 Å². The van der Waals surface area contributed by atoms with Crippen LogP contribution in [0.25, 0.3) is 0 Å². The van der Waals surface area contributed by atoms with Gasteiger partial charge in [-0.1, -0.05) is 11.6 Å². The van der Waals surface area contributed by atoms with E-state index in [2.05, 4.69) is 14.8 Å². The third-order valence-corrected chi connectivity index (χ3v) is 4.94. The fourth-order valence-corrected chi connectivity index (χ4v) is 3.48. The van der Waals surface area contributed by atoms with Crippen molar-refractivity contribution in [1.82, 2.24) is 15.3 Å². The molecular weight excluding hydrogens is 358 g/mol. The normalized spacial score (nSPS) is 19.2. The Balaban J connectivity index is 1.51. The largest absolute Gasteiger partial charge is 0.378 e. The Labute approximate surface area is 157 Å². The van der Waals surface area contributed by atoms with Crippen LogP contribution in [0.1, 0.15) is 0 Å². The summed E-state index contributed by atoms with van der Waals surface area (Å²) in [6.07, 6.45) is 1.19. The number of hydrogen-bond donors (Lipinski definition) is 2. The molecule has 142 valence electrons. The van der Waals surface area contributed by atoms with Crippen LogP contribution in [0.3, 0.4) is 0 Å². The number of morpholine rings is 1. The summed E-state index contributed by atoms with van der Waals surface area (Å²) in [5.74, 6) is 0.180. The number of amides is 1. The Hall–Kier alpha value is -1.87. The number of carbonyl (C=O) groups excluding carboxylic acids is 1. The van der Waals surface area contributed by atoms with Gasteiger partial charge >= 0.3 is 0 Å². The lowest BCUT2D eigenvalue weighted by atomic mass is 10.2. The molecule has 2 saturated heterocycles. The fourth-order valence-electron chi connectivity index (χ4n) is 3.19. The molecule has 2 N–H and O–H groups in total. The molecule has 0 bridgehead atoms. The van der Waals surface area contributed by atoms with Crippen molar-refractivity contribution >= 4 is 35.2 Å². The minimum atomic E-state index is 0.180. The number of ether oxygens (including phenoxy) is 1. The van der Waals surface area contributed by atoms with Crippen molar-refractivity contribution in [3.05, 3.63) is 23.2 Å². The SMILES string of the molecule is O=C(CN1CCN(c2ccc(N=CNO)cc2Cl)CC1)N1CCOCC1. The number of hydrogen-bond acceptors (Lipinski definition) is 6. The minimum absolute atomic E-state index is 0.180. The second kappa shape index (κ2) is 9.18. The van der Waals surface area contributed by atoms with E-state index in [4.69, 9.17) is 21.5 Å². The Morgan fingerprint density at radius 2 is 1.96 bits per heavy atom. The molecule has 0 aliphatic carbocycles. The number of aliphatic imine (C=N–C) groups is 1. The molecule has 2 heterocycles. The summed E-state index contributed by atoms with van der Waals surface area (Å²) >= 11 is 6.38. The van der Waals surface area contributed by atoms with E-state index in [1.54, 1.807) is 6.07 Å². The lowest BCUT2D eigenvalue weighted by molar-refractivity contribution is -0.136. The number of anilines is 1. The number of nitrogens with one attached hydrogen (secondary N) is 1. The van der Waals surface area contributed by atoms with E-state index in [9.17, 15) is 4.79 Å². The molecule has 0 unspecified atom stereocenters. The van der Waals surface area contributed by atoms with Gasteiger partial charge < -0.3 is 14.5 Å². The van der Waals surface area contributed by atoms with Crippen molar-refractivity contribution < 1.29 is 14.7 Å². The van der Waals surface area contributed by atoms with E-state index in [-0.39, 0.29) is 5.91 Å². The summed E-state index contributed by atoms with van der Waals surface area (Å²) in [6, 6.07) is 5.55. The van der Waals surface area contributed by atoms with Gasteiger partial charge in [-0.15, -0.1) is 0 Å². The molecule has 2 aliphatic heterocycles. The maximum atomic E-state index is 12.4. The number of piperazine rings is 1. The van der Waals surface area contributed by atoms with Crippen LogP contribution < -0.4 is 10.4 Å². The van der Waals surface area contributed by atoms with Crippen LogP contribution in [-0.4, -0.2) is 86.3 Å². The van der Waals surface area contributed by atoms with Crippen molar-refractivity contribution in [2.24, 2.45) is 4.99 Å². The zero-order valence-corrected chi connectivity index (χ0v) is 15.4. The molecule has 9 heteroatoms. The third-order valence-electron chi connectivity index (χ3n) is 4.64. The monoisotopic (exact) mass is 381 g/mol. The van der Waals surface area contributed by atoms with Crippen molar-refractivity contribution in [2.75, 3.05) is 63.9 Å². The first-order valence-corrected chi connectivity index (χ1v) is 9.09. The van der Waals surface area contributed by atoms with Crippen LogP contribution >= 0.6 is 11.6 Å². The number of hydroxylamine groups is 1. The first-order chi connectivity index (χ1) is 12.7. The van der Waals surface area contributed by atoms with Gasteiger partial charge in [-0.2, -0.15) is 0 Å². The van der Waals surface area contributed by atoms with E-state index < -0.39 is 0 Å². The van der Waals surface area contributed by atoms with Gasteiger partial charge in [0.2, 0.25) is 5.91 Å². The second-order valence-corrected chi connectivity index (χ2v) is 6.69. The molecule has 2 fully saturated rings. The molecule has 3 rings (SSSR count). The molecule has 1 aromatic carbocycles. The molecule has 0 saturated carbocycles. The van der Waals surface area contributed by atoms with Gasteiger partial charge in [0.25, 0.3) is 0 Å². The van der Waals surface area contributed by atoms with E-state index in [1.807, 2.05) is 22.5 Å². The smallest absolute Gasteiger partial charge is 0.236 e. The summed E-state index contributed by atoms with van der Waals surface area (Å²) in [5, 5.41) is 9.17. The highest BCUT2D eigenvalue weighted by atomic mass is 35.5. The Morgan fingerprint density at radius 3 is 2.62 bits per heavy atom. The average molecular weight is 382 g/mol. The molecular formula is C17H24ClN5O3. The van der Waals surface area contributed by atoms with Crippen LogP contribution in [0, 0.1) is 0 Å². The predicted octanol–water partition coefficient (Wildman–Crippen LogP) is 0.959. The van der Waals surface area contributed by atoms with Crippen molar-refractivity contribution in [2.45, 2.75) is 0 Å². The van der Waals surface area contributed by atoms with Crippen molar-refractivity contribution in [3.63, 3.8) is 0 Å². The van der Waals surface area contributed by atoms with Crippen LogP contribution in [0.15, 0.2) is 23.2 Å². The summed E-state index contributed by atoms with van der Waals surface area (Å²) in [5.41, 5.74) is 3.49. The maximum Gasteiger partial charge on any atom is 0.236 e. The van der Waals surface area contributed by atoms with Gasteiger partial charge in [-0.05, 0) is 18.2 Å². The topological polar surface area (TPSA) is 80.6 Å². The lowest BCUT2D eigenvalue weighted by Crippen LogP contribution is -2.51. The van der Waals surface area contributed by atoms with E-state index in [0.717, 1.165) is 31.9 Å². The van der Waals surface area contributed by atoms with Gasteiger partial charge in [-0.3, -0.25) is 20.4 Å². The number of carbonyl (C=O) groups is 1. The van der Waals surface area contributed by atoms with Crippen molar-refractivity contribution in [1.29, 1.82) is 0 Å². The highest BCUT2D eigenvalue weighted by Gasteiger charge is 2.23. The molecule has 26 heavy (non-hydrogen) atoms. The van der Waals surface area contributed by atoms with Crippen LogP contribution in [-0.2, 0) is 9.53 Å². The number of benzene rings is 1. The van der Waals surface area contributed by atoms with Crippen molar-refractivity contribution in [3.8, 4) is 0 Å². The van der Waals surface area contributed by atoms with Crippen LogP contribution in [0.4, 0.5) is 11.4 Å². The quantitative estimate of drug-likeness (QED) is 0.449. The van der Waals surface area contributed by atoms with Gasteiger partial charge in [0, 0.05) is 39.3 Å². The number of rotatable bonds is 5. The number of halogens is 1. The van der Waals surface area contributed by atoms with Gasteiger partial charge in [-0.25, -0.2) is 4.99 Å². The lowest BCUT2D eigenvalue weighted by Gasteiger charge is -2.37. The molecule has 0 aromatic heterocycles. The maximum absolute atomic E-state index is 12.4. The molecule has 0 atom stereocenters. The molecule has 0 radical (unpaired) electrons. The van der Waals surface area contributed by atoms with E-state index in [0.29, 0.717) is 43.6 Å². The summed E-state index contributed by atoms with van der Waals surface area (Å²) in [4.78, 5) is 22.7. The van der Waals surface area contributed by atoms with Gasteiger partial charge in [0.05, 0.1) is 36.2 Å². The molecule has 1 aromatic rings. The average Bonchev–Trinajstić information content (AvgIpc) is 2.68. The zero-order chi connectivity index (χ0) is 18.4. The molecule has 0 spiro atoms. The highest BCUT2D eigenvalue weighted by molar-refractivity contribution is 6.33. The Bertz CT molecular complexity index is 643. The standard InChI is InChI=1S/C17H24ClN5O3/c18-15-11-14(19-13-20-25)1-2-16(15)22-5-3-21(4-6-22)12-17(24)23-7-9-26-10-8-23/h1-2,11,13,25H,3-10,12H2,(H,19,20). The Morgan fingerprint density at radius 1 is 1.23 bits per heavy atom. The Kier molecular flexibility index (Phi) is 6.67. The predicted molar refractivity (Wildman–Crippen MR) is 101 cm³/mol. The van der Waals surface area contributed by atoms with Crippen LogP contribution in [0.5, 0.6) is 0 Å². The first-order valence-electron chi connectivity index (χ1n) is 8.72. The summed E-state index contributed by atoms with van der Waals surface area (Å²) in [7, 11) is 0. The second-order valence-electron chi connectivity index (χ2n) is 6.28.